The largest absolute Gasteiger partial charge is 0.433 e. The minimum atomic E-state index is -4.54. The normalized spacial score (nSPS) is 11.7. The fraction of sp³-hybridized carbons (Fsp3) is 0.636. The molecule has 0 fully saturated rings. The number of alkyl halides is 3. The molecule has 1 heterocycles. The van der Waals surface area contributed by atoms with E-state index in [1.807, 2.05) is 13.8 Å². The number of halogens is 4. The molecule has 0 aliphatic heterocycles. The van der Waals surface area contributed by atoms with Crippen molar-refractivity contribution in [2.45, 2.75) is 20.0 Å². The first kappa shape index (κ1) is 16.0. The van der Waals surface area contributed by atoms with Crippen molar-refractivity contribution in [3.63, 3.8) is 0 Å². The molecule has 0 aliphatic carbocycles. The molecule has 19 heavy (non-hydrogen) atoms. The molecule has 0 saturated carbocycles. The Labute approximate surface area is 114 Å². The van der Waals surface area contributed by atoms with E-state index in [-0.39, 0.29) is 5.82 Å². The molecular weight excluding hydrogens is 283 g/mol. The van der Waals surface area contributed by atoms with Crippen molar-refractivity contribution in [1.82, 2.24) is 9.97 Å². The zero-order chi connectivity index (χ0) is 14.5. The van der Waals surface area contributed by atoms with Gasteiger partial charge in [-0.2, -0.15) is 13.2 Å². The summed E-state index contributed by atoms with van der Waals surface area (Å²) in [4.78, 5) is 8.66. The van der Waals surface area contributed by atoms with Gasteiger partial charge >= 0.3 is 6.18 Å². The predicted molar refractivity (Wildman–Crippen MR) is 66.4 cm³/mol. The maximum absolute atomic E-state index is 12.6. The first-order valence-electron chi connectivity index (χ1n) is 5.83. The molecule has 0 spiro atoms. The second-order valence-corrected chi connectivity index (χ2v) is 3.99. The number of anilines is 1. The van der Waals surface area contributed by atoms with Crippen molar-refractivity contribution in [1.29, 1.82) is 0 Å². The van der Waals surface area contributed by atoms with Gasteiger partial charge in [0.25, 0.3) is 0 Å². The third-order valence-electron chi connectivity index (χ3n) is 2.39. The van der Waals surface area contributed by atoms with Crippen molar-refractivity contribution in [2.24, 2.45) is 0 Å². The predicted octanol–water partition coefficient (Wildman–Crippen LogP) is 3.01. The quantitative estimate of drug-likeness (QED) is 0.597. The zero-order valence-corrected chi connectivity index (χ0v) is 11.4. The maximum Gasteiger partial charge on any atom is 0.433 e. The molecule has 0 radical (unpaired) electrons. The van der Waals surface area contributed by atoms with E-state index < -0.39 is 17.2 Å². The summed E-state index contributed by atoms with van der Waals surface area (Å²) in [5.74, 6) is 0.148. The molecule has 0 amide bonds. The lowest BCUT2D eigenvalue weighted by Gasteiger charge is -2.22. The van der Waals surface area contributed by atoms with Crippen LogP contribution in [0.15, 0.2) is 6.07 Å². The van der Waals surface area contributed by atoms with Crippen molar-refractivity contribution in [3.05, 3.63) is 17.0 Å². The van der Waals surface area contributed by atoms with Gasteiger partial charge < -0.3 is 9.64 Å². The van der Waals surface area contributed by atoms with Gasteiger partial charge in [0, 0.05) is 25.8 Å². The van der Waals surface area contributed by atoms with E-state index in [1.165, 1.54) is 0 Å². The highest BCUT2D eigenvalue weighted by molar-refractivity contribution is 6.28. The molecule has 8 heteroatoms. The van der Waals surface area contributed by atoms with Gasteiger partial charge in [-0.15, -0.1) is 0 Å². The summed E-state index contributed by atoms with van der Waals surface area (Å²) in [6.07, 6.45) is -4.54. The number of rotatable bonds is 6. The Morgan fingerprint density at radius 2 is 2.00 bits per heavy atom. The molecule has 0 bridgehead atoms. The SMILES string of the molecule is CCOCCN(CC)c1cc(C(F)(F)F)nc(Cl)n1. The van der Waals surface area contributed by atoms with E-state index in [0.717, 1.165) is 6.07 Å². The Balaban J connectivity index is 2.94. The lowest BCUT2D eigenvalue weighted by molar-refractivity contribution is -0.141. The summed E-state index contributed by atoms with van der Waals surface area (Å²) >= 11 is 5.54. The van der Waals surface area contributed by atoms with Crippen molar-refractivity contribution in [2.75, 3.05) is 31.2 Å². The van der Waals surface area contributed by atoms with Gasteiger partial charge in [0.15, 0.2) is 5.69 Å². The Kier molecular flexibility index (Phi) is 5.81. The molecule has 108 valence electrons. The van der Waals surface area contributed by atoms with Crippen LogP contribution in [0.25, 0.3) is 0 Å². The van der Waals surface area contributed by atoms with Crippen LogP contribution in [-0.2, 0) is 10.9 Å². The van der Waals surface area contributed by atoms with Crippen LogP contribution in [0.2, 0.25) is 5.28 Å². The summed E-state index contributed by atoms with van der Waals surface area (Å²) < 4.78 is 43.1. The smallest absolute Gasteiger partial charge is 0.380 e. The van der Waals surface area contributed by atoms with Gasteiger partial charge in [0.05, 0.1) is 6.61 Å². The van der Waals surface area contributed by atoms with E-state index in [0.29, 0.717) is 26.3 Å². The molecular formula is C11H15ClF3N3O. The van der Waals surface area contributed by atoms with Gasteiger partial charge in [-0.25, -0.2) is 9.97 Å². The number of hydrogen-bond acceptors (Lipinski definition) is 4. The highest BCUT2D eigenvalue weighted by Crippen LogP contribution is 2.30. The van der Waals surface area contributed by atoms with Crippen LogP contribution in [0.5, 0.6) is 0 Å². The van der Waals surface area contributed by atoms with Gasteiger partial charge in [0.2, 0.25) is 5.28 Å². The number of ether oxygens (including phenoxy) is 1. The molecule has 0 aliphatic rings. The Morgan fingerprint density at radius 3 is 2.53 bits per heavy atom. The summed E-state index contributed by atoms with van der Waals surface area (Å²) in [6, 6.07) is 0.890. The van der Waals surface area contributed by atoms with Crippen LogP contribution in [0.3, 0.4) is 0 Å². The lowest BCUT2D eigenvalue weighted by Crippen LogP contribution is -2.28. The van der Waals surface area contributed by atoms with Gasteiger partial charge in [-0.3, -0.25) is 0 Å². The molecule has 0 atom stereocenters. The number of likely N-dealkylation sites (N-methyl/N-ethyl adjacent to an activating group) is 1. The lowest BCUT2D eigenvalue weighted by atomic mass is 10.3. The summed E-state index contributed by atoms with van der Waals surface area (Å²) in [5.41, 5.74) is -1.04. The van der Waals surface area contributed by atoms with E-state index in [4.69, 9.17) is 16.3 Å². The monoisotopic (exact) mass is 297 g/mol. The van der Waals surface area contributed by atoms with E-state index in [2.05, 4.69) is 9.97 Å². The van der Waals surface area contributed by atoms with E-state index in [9.17, 15) is 13.2 Å². The van der Waals surface area contributed by atoms with Crippen LogP contribution in [-0.4, -0.2) is 36.3 Å². The molecule has 1 aromatic heterocycles. The highest BCUT2D eigenvalue weighted by Gasteiger charge is 2.34. The molecule has 1 aromatic rings. The van der Waals surface area contributed by atoms with Crippen LogP contribution in [0, 0.1) is 0 Å². The second-order valence-electron chi connectivity index (χ2n) is 3.65. The number of hydrogen-bond donors (Lipinski definition) is 0. The fourth-order valence-corrected chi connectivity index (χ4v) is 1.64. The highest BCUT2D eigenvalue weighted by atomic mass is 35.5. The summed E-state index contributed by atoms with van der Waals surface area (Å²) in [7, 11) is 0. The van der Waals surface area contributed by atoms with Gasteiger partial charge in [-0.1, -0.05) is 0 Å². The first-order chi connectivity index (χ1) is 8.88. The van der Waals surface area contributed by atoms with Gasteiger partial charge in [0.1, 0.15) is 5.82 Å². The molecule has 0 saturated heterocycles. The minimum Gasteiger partial charge on any atom is -0.380 e. The summed E-state index contributed by atoms with van der Waals surface area (Å²) in [6.45, 7) is 5.56. The minimum absolute atomic E-state index is 0.148. The third kappa shape index (κ3) is 4.83. The standard InChI is InChI=1S/C11H15ClF3N3O/c1-3-18(5-6-19-4-2)9-7-8(11(13,14)15)16-10(12)17-9/h7H,3-6H2,1-2H3. The molecule has 1 rings (SSSR count). The average molecular weight is 298 g/mol. The van der Waals surface area contributed by atoms with E-state index >= 15 is 0 Å². The number of aromatic nitrogens is 2. The fourth-order valence-electron chi connectivity index (χ4n) is 1.47. The molecule has 0 unspecified atom stereocenters. The molecule has 0 N–H and O–H groups in total. The third-order valence-corrected chi connectivity index (χ3v) is 2.56. The van der Waals surface area contributed by atoms with Crippen LogP contribution >= 0.6 is 11.6 Å². The van der Waals surface area contributed by atoms with Crippen molar-refractivity contribution in [3.8, 4) is 0 Å². The van der Waals surface area contributed by atoms with Gasteiger partial charge in [-0.05, 0) is 25.4 Å². The zero-order valence-electron chi connectivity index (χ0n) is 10.7. The second kappa shape index (κ2) is 6.91. The Bertz CT molecular complexity index is 415. The maximum atomic E-state index is 12.6. The first-order valence-corrected chi connectivity index (χ1v) is 6.20. The molecule has 4 nitrogen and oxygen atoms in total. The molecule has 0 aromatic carbocycles. The Hall–Kier alpha value is -1.08. The topological polar surface area (TPSA) is 38.2 Å². The number of nitrogens with zero attached hydrogens (tertiary/aromatic N) is 3. The Morgan fingerprint density at radius 1 is 1.32 bits per heavy atom. The van der Waals surface area contributed by atoms with Crippen LogP contribution in [0.1, 0.15) is 19.5 Å². The average Bonchev–Trinajstić information content (AvgIpc) is 2.33. The van der Waals surface area contributed by atoms with Crippen LogP contribution < -0.4 is 4.90 Å². The van der Waals surface area contributed by atoms with Crippen molar-refractivity contribution < 1.29 is 17.9 Å². The van der Waals surface area contributed by atoms with Crippen molar-refractivity contribution >= 4 is 17.4 Å². The van der Waals surface area contributed by atoms with Crippen LogP contribution in [0.4, 0.5) is 19.0 Å². The summed E-state index contributed by atoms with van der Waals surface area (Å²) in [5, 5.41) is -0.417. The van der Waals surface area contributed by atoms with E-state index in [1.54, 1.807) is 4.90 Å².